The third-order valence-electron chi connectivity index (χ3n) is 7.64. The highest BCUT2D eigenvalue weighted by Crippen LogP contribution is 2.44. The summed E-state index contributed by atoms with van der Waals surface area (Å²) in [5, 5.41) is 2.88. The lowest BCUT2D eigenvalue weighted by Crippen LogP contribution is -2.51. The molecule has 0 heterocycles. The maximum absolute atomic E-state index is 14.1. The van der Waals surface area contributed by atoms with Crippen LogP contribution in [0.2, 0.25) is 0 Å². The number of carbonyl (C=O) groups excluding carboxylic acids is 2. The van der Waals surface area contributed by atoms with Crippen molar-refractivity contribution in [1.29, 1.82) is 0 Å². The summed E-state index contributed by atoms with van der Waals surface area (Å²) < 4.78 is 16.7. The van der Waals surface area contributed by atoms with Gasteiger partial charge in [-0.05, 0) is 33.4 Å². The van der Waals surface area contributed by atoms with E-state index in [0.717, 1.165) is 33.4 Å². The van der Waals surface area contributed by atoms with Gasteiger partial charge < -0.3 is 24.4 Å². The average molecular weight is 565 g/mol. The van der Waals surface area contributed by atoms with Crippen molar-refractivity contribution in [1.82, 2.24) is 10.2 Å². The predicted octanol–water partition coefficient (Wildman–Crippen LogP) is 5.78. The molecule has 0 bridgehead atoms. The highest BCUT2D eigenvalue weighted by Gasteiger charge is 2.31. The highest BCUT2D eigenvalue weighted by atomic mass is 16.7. The Hall–Kier alpha value is -4.46. The van der Waals surface area contributed by atoms with Gasteiger partial charge in [0.2, 0.25) is 5.91 Å². The molecule has 0 spiro atoms. The Labute approximate surface area is 247 Å². The molecule has 42 heavy (non-hydrogen) atoms. The van der Waals surface area contributed by atoms with Crippen LogP contribution in [-0.4, -0.2) is 56.6 Å². The average Bonchev–Trinajstić information content (AvgIpc) is 3.36. The van der Waals surface area contributed by atoms with Crippen LogP contribution in [0.5, 0.6) is 0 Å². The van der Waals surface area contributed by atoms with E-state index in [1.165, 1.54) is 14.2 Å². The molecule has 1 aliphatic carbocycles. The lowest BCUT2D eigenvalue weighted by atomic mass is 9.98. The monoisotopic (exact) mass is 564 g/mol. The van der Waals surface area contributed by atoms with Crippen LogP contribution in [0.25, 0.3) is 11.1 Å². The van der Waals surface area contributed by atoms with Crippen LogP contribution in [0, 0.1) is 0 Å². The van der Waals surface area contributed by atoms with Gasteiger partial charge in [0, 0.05) is 33.1 Å². The molecule has 1 N–H and O–H groups in total. The first-order chi connectivity index (χ1) is 20.6. The molecule has 1 atom stereocenters. The molecule has 0 saturated carbocycles. The third-order valence-corrected chi connectivity index (χ3v) is 7.64. The summed E-state index contributed by atoms with van der Waals surface area (Å²) in [6.45, 7) is 0.689. The Kier molecular flexibility index (Phi) is 9.64. The normalized spacial score (nSPS) is 12.8. The van der Waals surface area contributed by atoms with Gasteiger partial charge in [0.1, 0.15) is 12.6 Å². The molecule has 5 rings (SSSR count). The number of carbonyl (C=O) groups is 2. The van der Waals surface area contributed by atoms with E-state index in [1.54, 1.807) is 4.90 Å². The fourth-order valence-electron chi connectivity index (χ4n) is 5.51. The zero-order valence-corrected chi connectivity index (χ0v) is 23.9. The SMILES string of the molecule is COC(CN(Cc1ccccc1)C(=O)[C@H](Cc1ccccc1)NC(=O)OCC1c2ccccc2-c2ccccc21)OC. The van der Waals surface area contributed by atoms with Gasteiger partial charge in [-0.2, -0.15) is 0 Å². The summed E-state index contributed by atoms with van der Waals surface area (Å²) in [6, 6.07) is 34.9. The van der Waals surface area contributed by atoms with Gasteiger partial charge in [-0.15, -0.1) is 0 Å². The molecule has 0 unspecified atom stereocenters. The maximum atomic E-state index is 14.1. The molecule has 0 radical (unpaired) electrons. The molecule has 0 saturated heterocycles. The number of ether oxygens (including phenoxy) is 3. The van der Waals surface area contributed by atoms with Crippen molar-refractivity contribution >= 4 is 12.0 Å². The van der Waals surface area contributed by atoms with Crippen LogP contribution in [0.4, 0.5) is 4.79 Å². The molecule has 0 fully saturated rings. The van der Waals surface area contributed by atoms with Gasteiger partial charge in [-0.25, -0.2) is 4.79 Å². The summed E-state index contributed by atoms with van der Waals surface area (Å²) in [6.07, 6.45) is -0.954. The first-order valence-electron chi connectivity index (χ1n) is 14.1. The first-order valence-corrected chi connectivity index (χ1v) is 14.1. The number of benzene rings is 4. The van der Waals surface area contributed by atoms with Crippen LogP contribution in [0.3, 0.4) is 0 Å². The summed E-state index contributed by atoms with van der Waals surface area (Å²) in [7, 11) is 3.07. The molecular weight excluding hydrogens is 528 g/mol. The van der Waals surface area contributed by atoms with E-state index < -0.39 is 18.4 Å². The number of nitrogens with one attached hydrogen (secondary N) is 1. The number of nitrogens with zero attached hydrogens (tertiary/aromatic N) is 1. The molecule has 4 aromatic rings. The number of methoxy groups -OCH3 is 2. The van der Waals surface area contributed by atoms with Crippen molar-refractivity contribution in [2.45, 2.75) is 31.2 Å². The van der Waals surface area contributed by atoms with Crippen molar-refractivity contribution < 1.29 is 23.8 Å². The zero-order valence-electron chi connectivity index (χ0n) is 23.9. The quantitative estimate of drug-likeness (QED) is 0.221. The highest BCUT2D eigenvalue weighted by molar-refractivity contribution is 5.86. The Morgan fingerprint density at radius 2 is 1.26 bits per heavy atom. The van der Waals surface area contributed by atoms with Gasteiger partial charge >= 0.3 is 6.09 Å². The van der Waals surface area contributed by atoms with Crippen molar-refractivity contribution in [2.75, 3.05) is 27.4 Å². The minimum atomic E-state index is -0.860. The summed E-state index contributed by atoms with van der Waals surface area (Å²) in [5.41, 5.74) is 6.44. The van der Waals surface area contributed by atoms with Crippen molar-refractivity contribution in [2.24, 2.45) is 0 Å². The predicted molar refractivity (Wildman–Crippen MR) is 162 cm³/mol. The standard InChI is InChI=1S/C35H36N2O5/c1-40-33(41-2)23-37(22-26-15-7-4-8-16-26)34(38)32(21-25-13-5-3-6-14-25)36-35(39)42-24-31-29-19-11-9-17-27(29)28-18-10-12-20-30(28)31/h3-20,31-33H,21-24H2,1-2H3,(H,36,39)/t32-/m0/s1. The van der Waals surface area contributed by atoms with E-state index in [9.17, 15) is 9.59 Å². The van der Waals surface area contributed by atoms with E-state index >= 15 is 0 Å². The summed E-state index contributed by atoms with van der Waals surface area (Å²) >= 11 is 0. The molecule has 0 aromatic heterocycles. The molecule has 7 nitrogen and oxygen atoms in total. The number of rotatable bonds is 12. The van der Waals surface area contributed by atoms with E-state index in [4.69, 9.17) is 14.2 Å². The Balaban J connectivity index is 1.34. The smallest absolute Gasteiger partial charge is 0.407 e. The zero-order chi connectivity index (χ0) is 29.3. The largest absolute Gasteiger partial charge is 0.449 e. The van der Waals surface area contributed by atoms with E-state index in [0.29, 0.717) is 13.0 Å². The number of amides is 2. The van der Waals surface area contributed by atoms with Crippen LogP contribution in [0.15, 0.2) is 109 Å². The minimum absolute atomic E-state index is 0.0785. The molecule has 216 valence electrons. The van der Waals surface area contributed by atoms with Crippen LogP contribution in [0.1, 0.15) is 28.2 Å². The second-order valence-corrected chi connectivity index (χ2v) is 10.3. The second-order valence-electron chi connectivity index (χ2n) is 10.3. The Bertz CT molecular complexity index is 1430. The van der Waals surface area contributed by atoms with Gasteiger partial charge in [0.15, 0.2) is 6.29 Å². The molecule has 4 aromatic carbocycles. The first kappa shape index (κ1) is 29.0. The molecule has 1 aliphatic rings. The topological polar surface area (TPSA) is 77.1 Å². The van der Waals surface area contributed by atoms with Crippen LogP contribution < -0.4 is 5.32 Å². The Morgan fingerprint density at radius 1 is 0.738 bits per heavy atom. The fourth-order valence-corrected chi connectivity index (χ4v) is 5.51. The van der Waals surface area contributed by atoms with Gasteiger partial charge in [0.05, 0.1) is 6.54 Å². The fraction of sp³-hybridized carbons (Fsp3) is 0.257. The number of hydrogen-bond donors (Lipinski definition) is 1. The molecule has 2 amide bonds. The third kappa shape index (κ3) is 6.87. The van der Waals surface area contributed by atoms with E-state index in [-0.39, 0.29) is 25.0 Å². The molecule has 0 aliphatic heterocycles. The van der Waals surface area contributed by atoms with E-state index in [1.807, 2.05) is 84.9 Å². The number of alkyl carbamates (subject to hydrolysis) is 1. The van der Waals surface area contributed by atoms with Crippen molar-refractivity contribution in [3.05, 3.63) is 131 Å². The van der Waals surface area contributed by atoms with E-state index in [2.05, 4.69) is 29.6 Å². The minimum Gasteiger partial charge on any atom is -0.449 e. The lowest BCUT2D eigenvalue weighted by molar-refractivity contribution is -0.148. The van der Waals surface area contributed by atoms with Gasteiger partial charge in [0.25, 0.3) is 0 Å². The Morgan fingerprint density at radius 3 is 1.83 bits per heavy atom. The van der Waals surface area contributed by atoms with Gasteiger partial charge in [-0.3, -0.25) is 4.79 Å². The summed E-state index contributed by atoms with van der Waals surface area (Å²) in [4.78, 5) is 29.0. The van der Waals surface area contributed by atoms with Crippen LogP contribution in [-0.2, 0) is 32.0 Å². The van der Waals surface area contributed by atoms with Crippen LogP contribution >= 0.6 is 0 Å². The number of hydrogen-bond acceptors (Lipinski definition) is 5. The summed E-state index contributed by atoms with van der Waals surface area (Å²) in [5.74, 6) is -0.333. The molecule has 7 heteroatoms. The van der Waals surface area contributed by atoms with Gasteiger partial charge in [-0.1, -0.05) is 109 Å². The molecular formula is C35H36N2O5. The maximum Gasteiger partial charge on any atom is 0.407 e. The van der Waals surface area contributed by atoms with Crippen molar-refractivity contribution in [3.8, 4) is 11.1 Å². The number of fused-ring (bicyclic) bond motifs is 3. The van der Waals surface area contributed by atoms with Crippen molar-refractivity contribution in [3.63, 3.8) is 0 Å². The second kappa shape index (κ2) is 13.9. The lowest BCUT2D eigenvalue weighted by Gasteiger charge is -2.30.